The number of hydrogen-bond donors (Lipinski definition) is 0. The molecule has 1 aliphatic heterocycles. The highest BCUT2D eigenvalue weighted by atomic mass is 19.4. The van der Waals surface area contributed by atoms with E-state index in [1.807, 2.05) is 0 Å². The van der Waals surface area contributed by atoms with Crippen LogP contribution >= 0.6 is 0 Å². The van der Waals surface area contributed by atoms with Crippen molar-refractivity contribution in [2.75, 3.05) is 18.0 Å². The van der Waals surface area contributed by atoms with E-state index in [1.165, 1.54) is 30.6 Å². The average Bonchev–Trinajstić information content (AvgIpc) is 3.49. The van der Waals surface area contributed by atoms with Gasteiger partial charge in [0.15, 0.2) is 5.82 Å². The molecular weight excluding hydrogens is 486 g/mol. The topological polar surface area (TPSA) is 62.2 Å². The first-order chi connectivity index (χ1) is 17.8. The number of amides is 1. The summed E-state index contributed by atoms with van der Waals surface area (Å²) in [5, 5.41) is 0. The summed E-state index contributed by atoms with van der Waals surface area (Å²) in [6.45, 7) is 1.25. The van der Waals surface area contributed by atoms with Crippen LogP contribution in [0.15, 0.2) is 55.0 Å². The molecule has 3 atom stereocenters. The van der Waals surface area contributed by atoms with Crippen LogP contribution in [0.5, 0.6) is 0 Å². The Morgan fingerprint density at radius 3 is 2.46 bits per heavy atom. The highest BCUT2D eigenvalue weighted by Crippen LogP contribution is 2.44. The Morgan fingerprint density at radius 2 is 1.81 bits per heavy atom. The first kappa shape index (κ1) is 23.8. The number of fused-ring (bicyclic) bond motifs is 2. The Labute approximate surface area is 211 Å². The van der Waals surface area contributed by atoms with E-state index in [-0.39, 0.29) is 40.9 Å². The molecule has 2 aliphatic carbocycles. The summed E-state index contributed by atoms with van der Waals surface area (Å²) in [4.78, 5) is 30.2. The second-order valence-corrected chi connectivity index (χ2v) is 10.2. The van der Waals surface area contributed by atoms with Crippen LogP contribution in [0.3, 0.4) is 0 Å². The molecule has 2 saturated carbocycles. The van der Waals surface area contributed by atoms with Crippen LogP contribution in [-0.4, -0.2) is 50.9 Å². The van der Waals surface area contributed by atoms with E-state index in [1.54, 1.807) is 17.0 Å². The second kappa shape index (κ2) is 9.08. The number of aromatic nitrogens is 3. The molecule has 3 aliphatic rings. The maximum Gasteiger partial charge on any atom is 0.417 e. The Morgan fingerprint density at radius 1 is 1.03 bits per heavy atom. The van der Waals surface area contributed by atoms with Crippen molar-refractivity contribution < 1.29 is 22.4 Å². The fourth-order valence-corrected chi connectivity index (χ4v) is 5.77. The van der Waals surface area contributed by atoms with Gasteiger partial charge in [-0.05, 0) is 67.9 Å². The summed E-state index contributed by atoms with van der Waals surface area (Å²) in [5.41, 5.74) is -0.500. The third kappa shape index (κ3) is 4.53. The number of likely N-dealkylation sites (tertiary alicyclic amines) is 1. The van der Waals surface area contributed by atoms with Crippen LogP contribution in [-0.2, 0) is 6.18 Å². The van der Waals surface area contributed by atoms with Crippen LogP contribution in [0.1, 0.15) is 41.6 Å². The van der Waals surface area contributed by atoms with Gasteiger partial charge in [-0.3, -0.25) is 4.79 Å². The molecule has 3 fully saturated rings. The number of carbonyl (C=O) groups excluding carboxylic acids is 1. The van der Waals surface area contributed by atoms with Crippen LogP contribution in [0.25, 0.3) is 11.4 Å². The lowest BCUT2D eigenvalue weighted by molar-refractivity contribution is -0.137. The van der Waals surface area contributed by atoms with E-state index in [4.69, 9.17) is 0 Å². The first-order valence-electron chi connectivity index (χ1n) is 12.5. The number of alkyl halides is 3. The lowest BCUT2D eigenvalue weighted by atomic mass is 10.00. The molecule has 6 rings (SSSR count). The minimum absolute atomic E-state index is 0.0717. The minimum atomic E-state index is -4.45. The zero-order valence-electron chi connectivity index (χ0n) is 19.9. The molecule has 37 heavy (non-hydrogen) atoms. The summed E-state index contributed by atoms with van der Waals surface area (Å²) in [6.07, 6.45) is 3.21. The van der Waals surface area contributed by atoms with E-state index in [9.17, 15) is 22.4 Å². The SMILES string of the molecule is O=C(c1cccc(F)c1-c1ncccn1)N1C[C@H]2C[C@@H](N(CC3CC3)c3ccc(C(F)(F)F)cn3)[C@@H]1C2. The first-order valence-corrected chi connectivity index (χ1v) is 12.5. The number of hydrogen-bond acceptors (Lipinski definition) is 5. The average molecular weight is 512 g/mol. The van der Waals surface area contributed by atoms with Crippen molar-refractivity contribution in [1.82, 2.24) is 19.9 Å². The van der Waals surface area contributed by atoms with Crippen molar-refractivity contribution in [3.05, 3.63) is 71.9 Å². The largest absolute Gasteiger partial charge is 0.417 e. The highest BCUT2D eigenvalue weighted by Gasteiger charge is 2.50. The third-order valence-electron chi connectivity index (χ3n) is 7.66. The molecule has 192 valence electrons. The van der Waals surface area contributed by atoms with Gasteiger partial charge in [-0.25, -0.2) is 19.3 Å². The summed E-state index contributed by atoms with van der Waals surface area (Å²) in [7, 11) is 0. The number of halogens is 4. The van der Waals surface area contributed by atoms with Gasteiger partial charge in [0, 0.05) is 31.7 Å². The van der Waals surface area contributed by atoms with Crippen molar-refractivity contribution >= 4 is 11.7 Å². The molecule has 10 heteroatoms. The lowest BCUT2D eigenvalue weighted by Gasteiger charge is -2.41. The molecule has 6 nitrogen and oxygen atoms in total. The van der Waals surface area contributed by atoms with E-state index in [0.717, 1.165) is 37.9 Å². The van der Waals surface area contributed by atoms with Gasteiger partial charge in [-0.15, -0.1) is 0 Å². The molecule has 0 unspecified atom stereocenters. The van der Waals surface area contributed by atoms with Crippen LogP contribution in [0.2, 0.25) is 0 Å². The normalized spacial score (nSPS) is 22.9. The van der Waals surface area contributed by atoms with Gasteiger partial charge in [-0.2, -0.15) is 13.2 Å². The predicted octanol–water partition coefficient (Wildman–Crippen LogP) is 5.22. The number of rotatable bonds is 6. The Hall–Kier alpha value is -3.56. The Balaban J connectivity index is 1.30. The molecule has 2 aromatic heterocycles. The van der Waals surface area contributed by atoms with Crippen LogP contribution < -0.4 is 4.90 Å². The maximum atomic E-state index is 14.9. The maximum absolute atomic E-state index is 14.9. The Kier molecular flexibility index (Phi) is 5.84. The van der Waals surface area contributed by atoms with E-state index in [0.29, 0.717) is 24.8 Å². The monoisotopic (exact) mass is 511 g/mol. The highest BCUT2D eigenvalue weighted by molar-refractivity contribution is 6.00. The summed E-state index contributed by atoms with van der Waals surface area (Å²) in [5.74, 6) is 0.522. The van der Waals surface area contributed by atoms with Gasteiger partial charge in [0.2, 0.25) is 0 Å². The fourth-order valence-electron chi connectivity index (χ4n) is 5.77. The smallest absolute Gasteiger partial charge is 0.351 e. The number of pyridine rings is 1. The fraction of sp³-hybridized carbons (Fsp3) is 0.407. The van der Waals surface area contributed by atoms with E-state index < -0.39 is 17.6 Å². The third-order valence-corrected chi connectivity index (χ3v) is 7.66. The van der Waals surface area contributed by atoms with Crippen molar-refractivity contribution in [2.45, 2.75) is 43.9 Å². The van der Waals surface area contributed by atoms with E-state index in [2.05, 4.69) is 19.9 Å². The molecular formula is C27H25F4N5O. The molecule has 0 spiro atoms. The molecule has 3 aromatic rings. The number of piperidine rings is 1. The number of nitrogens with zero attached hydrogens (tertiary/aromatic N) is 5. The second-order valence-electron chi connectivity index (χ2n) is 10.2. The summed E-state index contributed by atoms with van der Waals surface area (Å²) < 4.78 is 54.3. The molecule has 1 saturated heterocycles. The lowest BCUT2D eigenvalue weighted by Crippen LogP contribution is -2.53. The molecule has 1 aromatic carbocycles. The minimum Gasteiger partial charge on any atom is -0.351 e. The standard InChI is InChI=1S/C27H25F4N5O/c28-20-4-1-3-19(24(20)25-32-9-2-10-33-25)26(37)36-15-17-11-21(22(36)12-17)35(14-16-5-6-16)23-8-7-18(13-34-23)27(29,30)31/h1-4,7-10,13,16-17,21-22H,5-6,11-12,14-15H2/t17-,21+,22-/m0/s1. The molecule has 1 amide bonds. The van der Waals surface area contributed by atoms with Gasteiger partial charge in [-0.1, -0.05) is 6.07 Å². The van der Waals surface area contributed by atoms with Crippen molar-refractivity contribution in [3.63, 3.8) is 0 Å². The van der Waals surface area contributed by atoms with Crippen molar-refractivity contribution in [2.24, 2.45) is 11.8 Å². The zero-order chi connectivity index (χ0) is 25.7. The molecule has 0 N–H and O–H groups in total. The van der Waals surface area contributed by atoms with Crippen molar-refractivity contribution in [3.8, 4) is 11.4 Å². The number of anilines is 1. The van der Waals surface area contributed by atoms with Gasteiger partial charge >= 0.3 is 6.18 Å². The Bertz CT molecular complexity index is 1300. The van der Waals surface area contributed by atoms with Crippen LogP contribution in [0, 0.1) is 17.7 Å². The molecule has 2 bridgehead atoms. The van der Waals surface area contributed by atoms with Gasteiger partial charge in [0.05, 0.1) is 28.8 Å². The van der Waals surface area contributed by atoms with Gasteiger partial charge < -0.3 is 9.80 Å². The van der Waals surface area contributed by atoms with Crippen LogP contribution in [0.4, 0.5) is 23.4 Å². The van der Waals surface area contributed by atoms with Crippen molar-refractivity contribution in [1.29, 1.82) is 0 Å². The zero-order valence-corrected chi connectivity index (χ0v) is 19.9. The summed E-state index contributed by atoms with van der Waals surface area (Å²) in [6, 6.07) is 8.29. The van der Waals surface area contributed by atoms with E-state index >= 15 is 0 Å². The predicted molar refractivity (Wildman–Crippen MR) is 128 cm³/mol. The number of benzene rings is 1. The summed E-state index contributed by atoms with van der Waals surface area (Å²) >= 11 is 0. The molecule has 3 heterocycles. The van der Waals surface area contributed by atoms with Gasteiger partial charge in [0.25, 0.3) is 5.91 Å². The molecule has 0 radical (unpaired) electrons. The number of carbonyl (C=O) groups is 1. The quantitative estimate of drug-likeness (QED) is 0.425. The van der Waals surface area contributed by atoms with Gasteiger partial charge in [0.1, 0.15) is 11.6 Å².